The van der Waals surface area contributed by atoms with Crippen molar-refractivity contribution in [3.05, 3.63) is 36.2 Å². The average Bonchev–Trinajstić information content (AvgIpc) is 2.17. The molecule has 0 fully saturated rings. The molecule has 0 saturated heterocycles. The molecule has 0 aliphatic carbocycles. The largest absolute Gasteiger partial charge is 0.463 e. The van der Waals surface area contributed by atoms with Gasteiger partial charge in [-0.05, 0) is 30.7 Å². The van der Waals surface area contributed by atoms with Crippen LogP contribution in [-0.4, -0.2) is 17.6 Å². The summed E-state index contributed by atoms with van der Waals surface area (Å²) in [6.07, 6.45) is 6.44. The van der Waals surface area contributed by atoms with E-state index >= 15 is 0 Å². The number of aromatic nitrogens is 1. The second-order valence-electron chi connectivity index (χ2n) is 2.37. The van der Waals surface area contributed by atoms with E-state index in [-0.39, 0.29) is 5.97 Å². The Balaban J connectivity index is 2.54. The first-order chi connectivity index (χ1) is 6.33. The van der Waals surface area contributed by atoms with Gasteiger partial charge in [0.2, 0.25) is 0 Å². The molecule has 1 aromatic heterocycles. The van der Waals surface area contributed by atoms with Crippen LogP contribution >= 0.6 is 0 Å². The van der Waals surface area contributed by atoms with Crippen molar-refractivity contribution in [3.8, 4) is 0 Å². The maximum Gasteiger partial charge on any atom is 0.330 e. The van der Waals surface area contributed by atoms with E-state index < -0.39 is 0 Å². The molecule has 0 spiro atoms. The molecule has 0 aromatic carbocycles. The third-order valence-corrected chi connectivity index (χ3v) is 1.40. The zero-order valence-electron chi connectivity index (χ0n) is 7.43. The van der Waals surface area contributed by atoms with Crippen molar-refractivity contribution in [1.82, 2.24) is 4.98 Å². The Bertz CT molecular complexity index is 293. The molecule has 0 bridgehead atoms. The van der Waals surface area contributed by atoms with Crippen molar-refractivity contribution >= 4 is 12.0 Å². The van der Waals surface area contributed by atoms with Gasteiger partial charge in [0, 0.05) is 18.5 Å². The van der Waals surface area contributed by atoms with Crippen molar-refractivity contribution in [3.63, 3.8) is 0 Å². The number of nitrogens with zero attached hydrogens (tertiary/aromatic N) is 1. The zero-order valence-corrected chi connectivity index (χ0v) is 7.43. The summed E-state index contributed by atoms with van der Waals surface area (Å²) in [5, 5.41) is 0. The van der Waals surface area contributed by atoms with E-state index in [0.717, 1.165) is 5.56 Å². The highest BCUT2D eigenvalue weighted by Crippen LogP contribution is 1.98. The van der Waals surface area contributed by atoms with Crippen molar-refractivity contribution in [2.45, 2.75) is 6.92 Å². The van der Waals surface area contributed by atoms with E-state index in [1.807, 2.05) is 12.1 Å². The lowest BCUT2D eigenvalue weighted by atomic mass is 10.2. The van der Waals surface area contributed by atoms with Gasteiger partial charge in [-0.15, -0.1) is 0 Å². The molecule has 3 nitrogen and oxygen atoms in total. The van der Waals surface area contributed by atoms with E-state index in [4.69, 9.17) is 4.74 Å². The molecular formula is C10H11NO2. The molecule has 0 radical (unpaired) electrons. The highest BCUT2D eigenvalue weighted by atomic mass is 16.5. The number of esters is 1. The van der Waals surface area contributed by atoms with E-state index in [0.29, 0.717) is 6.61 Å². The lowest BCUT2D eigenvalue weighted by Gasteiger charge is -1.94. The molecule has 0 saturated carbocycles. The van der Waals surface area contributed by atoms with Crippen LogP contribution in [0.2, 0.25) is 0 Å². The fraction of sp³-hybridized carbons (Fsp3) is 0.200. The summed E-state index contributed by atoms with van der Waals surface area (Å²) in [6, 6.07) is 3.63. The molecule has 68 valence electrons. The molecule has 1 aromatic rings. The van der Waals surface area contributed by atoms with E-state index in [9.17, 15) is 4.79 Å². The fourth-order valence-electron chi connectivity index (χ4n) is 0.829. The molecule has 1 heterocycles. The molecule has 0 aliphatic rings. The van der Waals surface area contributed by atoms with Gasteiger partial charge < -0.3 is 4.74 Å². The maximum absolute atomic E-state index is 10.9. The maximum atomic E-state index is 10.9. The minimum Gasteiger partial charge on any atom is -0.463 e. The summed E-state index contributed by atoms with van der Waals surface area (Å²) in [5.74, 6) is -0.320. The van der Waals surface area contributed by atoms with Gasteiger partial charge in [0.05, 0.1) is 6.61 Å². The average molecular weight is 177 g/mol. The van der Waals surface area contributed by atoms with Crippen LogP contribution in [0.3, 0.4) is 0 Å². The Morgan fingerprint density at radius 1 is 1.54 bits per heavy atom. The summed E-state index contributed by atoms with van der Waals surface area (Å²) < 4.78 is 4.72. The zero-order chi connectivity index (χ0) is 9.52. The lowest BCUT2D eigenvalue weighted by Crippen LogP contribution is -1.98. The Kier molecular flexibility index (Phi) is 3.70. The minimum absolute atomic E-state index is 0.320. The first-order valence-corrected chi connectivity index (χ1v) is 4.08. The molecule has 0 unspecified atom stereocenters. The van der Waals surface area contributed by atoms with Crippen molar-refractivity contribution in [1.29, 1.82) is 0 Å². The second kappa shape index (κ2) is 5.09. The topological polar surface area (TPSA) is 39.2 Å². The molecule has 3 heteroatoms. The quantitative estimate of drug-likeness (QED) is 0.520. The third-order valence-electron chi connectivity index (χ3n) is 1.40. The van der Waals surface area contributed by atoms with Gasteiger partial charge in [0.1, 0.15) is 0 Å². The smallest absolute Gasteiger partial charge is 0.330 e. The number of rotatable bonds is 3. The lowest BCUT2D eigenvalue weighted by molar-refractivity contribution is -0.137. The monoisotopic (exact) mass is 177 g/mol. The first kappa shape index (κ1) is 9.45. The normalized spacial score (nSPS) is 10.2. The van der Waals surface area contributed by atoms with Crippen LogP contribution in [-0.2, 0) is 9.53 Å². The van der Waals surface area contributed by atoms with E-state index in [1.165, 1.54) is 6.08 Å². The molecule has 0 amide bonds. The number of carbonyl (C=O) groups is 1. The van der Waals surface area contributed by atoms with E-state index in [1.54, 1.807) is 25.4 Å². The van der Waals surface area contributed by atoms with Gasteiger partial charge in [0.25, 0.3) is 0 Å². The highest BCUT2D eigenvalue weighted by Gasteiger charge is 1.92. The number of ether oxygens (including phenoxy) is 1. The van der Waals surface area contributed by atoms with Crippen LogP contribution in [0, 0.1) is 0 Å². The molecule has 0 atom stereocenters. The summed E-state index contributed by atoms with van der Waals surface area (Å²) >= 11 is 0. The summed E-state index contributed by atoms with van der Waals surface area (Å²) in [5.41, 5.74) is 0.933. The summed E-state index contributed by atoms with van der Waals surface area (Å²) in [4.78, 5) is 14.8. The molecule has 1 rings (SSSR count). The standard InChI is InChI=1S/C10H11NO2/c1-2-13-10(12)4-3-9-5-7-11-8-6-9/h3-8H,2H2,1H3/b4-3+. The predicted molar refractivity (Wildman–Crippen MR) is 49.9 cm³/mol. The Morgan fingerprint density at radius 3 is 2.85 bits per heavy atom. The Labute approximate surface area is 77.1 Å². The fourth-order valence-corrected chi connectivity index (χ4v) is 0.829. The van der Waals surface area contributed by atoms with Crippen LogP contribution < -0.4 is 0 Å². The number of carbonyl (C=O) groups excluding carboxylic acids is 1. The van der Waals surface area contributed by atoms with Crippen LogP contribution in [0.4, 0.5) is 0 Å². The molecule has 0 N–H and O–H groups in total. The van der Waals surface area contributed by atoms with Crippen molar-refractivity contribution < 1.29 is 9.53 Å². The highest BCUT2D eigenvalue weighted by molar-refractivity contribution is 5.86. The van der Waals surface area contributed by atoms with Gasteiger partial charge in [-0.3, -0.25) is 4.98 Å². The second-order valence-corrected chi connectivity index (χ2v) is 2.37. The van der Waals surface area contributed by atoms with Crippen LogP contribution in [0.1, 0.15) is 12.5 Å². The molecule has 0 aliphatic heterocycles. The number of pyridine rings is 1. The number of hydrogen-bond acceptors (Lipinski definition) is 3. The summed E-state index contributed by atoms with van der Waals surface area (Å²) in [7, 11) is 0. The Morgan fingerprint density at radius 2 is 2.23 bits per heavy atom. The van der Waals surface area contributed by atoms with Crippen LogP contribution in [0.15, 0.2) is 30.6 Å². The predicted octanol–water partition coefficient (Wildman–Crippen LogP) is 1.66. The SMILES string of the molecule is CCOC(=O)/C=C/c1ccncc1. The van der Waals surface area contributed by atoms with E-state index in [2.05, 4.69) is 4.98 Å². The van der Waals surface area contributed by atoms with Crippen LogP contribution in [0.25, 0.3) is 6.08 Å². The molecular weight excluding hydrogens is 166 g/mol. The van der Waals surface area contributed by atoms with Crippen molar-refractivity contribution in [2.75, 3.05) is 6.61 Å². The first-order valence-electron chi connectivity index (χ1n) is 4.08. The van der Waals surface area contributed by atoms with Gasteiger partial charge in [-0.2, -0.15) is 0 Å². The molecule has 13 heavy (non-hydrogen) atoms. The Hall–Kier alpha value is -1.64. The van der Waals surface area contributed by atoms with Gasteiger partial charge >= 0.3 is 5.97 Å². The third kappa shape index (κ3) is 3.51. The van der Waals surface area contributed by atoms with Gasteiger partial charge in [-0.1, -0.05) is 0 Å². The van der Waals surface area contributed by atoms with Crippen LogP contribution in [0.5, 0.6) is 0 Å². The van der Waals surface area contributed by atoms with Crippen molar-refractivity contribution in [2.24, 2.45) is 0 Å². The minimum atomic E-state index is -0.320. The van der Waals surface area contributed by atoms with Gasteiger partial charge in [-0.25, -0.2) is 4.79 Å². The van der Waals surface area contributed by atoms with Gasteiger partial charge in [0.15, 0.2) is 0 Å². The number of hydrogen-bond donors (Lipinski definition) is 0. The summed E-state index contributed by atoms with van der Waals surface area (Å²) in [6.45, 7) is 2.18.